The quantitative estimate of drug-likeness (QED) is 0.781. The molecule has 3 heterocycles. The predicted molar refractivity (Wildman–Crippen MR) is 96.3 cm³/mol. The number of hydrogen-bond acceptors (Lipinski definition) is 7. The first-order valence-electron chi connectivity index (χ1n) is 8.06. The minimum atomic E-state index is 0.00379. The highest BCUT2D eigenvalue weighted by Gasteiger charge is 2.23. The summed E-state index contributed by atoms with van der Waals surface area (Å²) in [6.45, 7) is 6.59. The van der Waals surface area contributed by atoms with E-state index in [1.807, 2.05) is 11.8 Å². The van der Waals surface area contributed by atoms with Crippen molar-refractivity contribution >= 4 is 39.7 Å². The van der Waals surface area contributed by atoms with Crippen LogP contribution in [0.15, 0.2) is 12.1 Å². The molecule has 0 saturated carbocycles. The number of thiophene rings is 1. The maximum Gasteiger partial charge on any atom is 0.264 e. The summed E-state index contributed by atoms with van der Waals surface area (Å²) in [6.07, 6.45) is 1.74. The summed E-state index contributed by atoms with van der Waals surface area (Å²) in [4.78, 5) is 34.0. The molecular formula is C16H20N4O2S2. The maximum absolute atomic E-state index is 12.7. The largest absolute Gasteiger partial charge is 0.345 e. The summed E-state index contributed by atoms with van der Waals surface area (Å²) < 4.78 is 4.34. The summed E-state index contributed by atoms with van der Waals surface area (Å²) >= 11 is 2.71. The van der Waals surface area contributed by atoms with Crippen molar-refractivity contribution in [3.63, 3.8) is 0 Å². The van der Waals surface area contributed by atoms with Gasteiger partial charge in [-0.2, -0.15) is 4.37 Å². The van der Waals surface area contributed by atoms with E-state index in [0.29, 0.717) is 16.3 Å². The number of hydrogen-bond donors (Lipinski definition) is 0. The number of anilines is 1. The number of aromatic nitrogens is 2. The smallest absolute Gasteiger partial charge is 0.264 e. The Bertz CT molecular complexity index is 740. The van der Waals surface area contributed by atoms with Gasteiger partial charge in [0.15, 0.2) is 5.78 Å². The lowest BCUT2D eigenvalue weighted by Gasteiger charge is -2.21. The van der Waals surface area contributed by atoms with E-state index in [1.54, 1.807) is 12.1 Å². The molecule has 0 aliphatic carbocycles. The second-order valence-electron chi connectivity index (χ2n) is 5.70. The number of nitrogens with zero attached hydrogens (tertiary/aromatic N) is 4. The molecule has 1 aliphatic heterocycles. The van der Waals surface area contributed by atoms with Crippen molar-refractivity contribution in [2.24, 2.45) is 0 Å². The van der Waals surface area contributed by atoms with Crippen LogP contribution in [0.1, 0.15) is 45.4 Å². The number of ketones is 1. The molecule has 24 heavy (non-hydrogen) atoms. The summed E-state index contributed by atoms with van der Waals surface area (Å²) in [5.41, 5.74) is 0. The molecule has 0 bridgehead atoms. The molecule has 128 valence electrons. The lowest BCUT2D eigenvalue weighted by molar-refractivity contribution is 0.0771. The minimum absolute atomic E-state index is 0.00379. The third-order valence-electron chi connectivity index (χ3n) is 3.99. The average molecular weight is 364 g/mol. The Morgan fingerprint density at radius 1 is 1.17 bits per heavy atom. The zero-order valence-electron chi connectivity index (χ0n) is 13.8. The van der Waals surface area contributed by atoms with Crippen LogP contribution in [0.5, 0.6) is 0 Å². The van der Waals surface area contributed by atoms with Crippen molar-refractivity contribution < 1.29 is 9.59 Å². The molecule has 0 spiro atoms. The topological polar surface area (TPSA) is 66.4 Å². The zero-order chi connectivity index (χ0) is 17.1. The second kappa shape index (κ2) is 7.40. The Kier molecular flexibility index (Phi) is 5.25. The Morgan fingerprint density at radius 2 is 1.96 bits per heavy atom. The van der Waals surface area contributed by atoms with E-state index in [2.05, 4.69) is 14.3 Å². The van der Waals surface area contributed by atoms with E-state index in [-0.39, 0.29) is 11.7 Å². The molecule has 3 rings (SSSR count). The van der Waals surface area contributed by atoms with Gasteiger partial charge in [-0.25, -0.2) is 4.98 Å². The van der Waals surface area contributed by atoms with Crippen LogP contribution in [-0.4, -0.2) is 52.1 Å². The summed E-state index contributed by atoms with van der Waals surface area (Å²) in [5.74, 6) is 0.896. The summed E-state index contributed by atoms with van der Waals surface area (Å²) in [5, 5.41) is 0.941. The van der Waals surface area contributed by atoms with Gasteiger partial charge in [0.2, 0.25) is 5.13 Å². The Balaban J connectivity index is 1.66. The molecule has 1 amide bonds. The molecule has 8 heteroatoms. The second-order valence-corrected chi connectivity index (χ2v) is 7.51. The standard InChI is InChI=1S/C16H20N4O2S2/c1-3-14-17-16(24-18-14)20-8-4-7-19(9-10-20)15(22)13-6-5-12(23-13)11(2)21/h5-6H,3-4,7-10H2,1-2H3. The fraction of sp³-hybridized carbons (Fsp3) is 0.500. The molecule has 0 atom stereocenters. The van der Waals surface area contributed by atoms with Gasteiger partial charge >= 0.3 is 0 Å². The van der Waals surface area contributed by atoms with Gasteiger partial charge in [-0.3, -0.25) is 9.59 Å². The zero-order valence-corrected chi connectivity index (χ0v) is 15.5. The SMILES string of the molecule is CCc1nsc(N2CCCN(C(=O)c3ccc(C(C)=O)s3)CC2)n1. The van der Waals surface area contributed by atoms with Crippen LogP contribution in [0.4, 0.5) is 5.13 Å². The Hall–Kier alpha value is -1.80. The van der Waals surface area contributed by atoms with Gasteiger partial charge in [0, 0.05) is 44.1 Å². The molecule has 0 N–H and O–H groups in total. The third-order valence-corrected chi connectivity index (χ3v) is 5.98. The number of amides is 1. The number of carbonyl (C=O) groups excluding carboxylic acids is 2. The Labute approximate surface area is 149 Å². The van der Waals surface area contributed by atoms with Crippen molar-refractivity contribution in [1.29, 1.82) is 0 Å². The van der Waals surface area contributed by atoms with E-state index in [4.69, 9.17) is 0 Å². The molecule has 0 unspecified atom stereocenters. The van der Waals surface area contributed by atoms with Gasteiger partial charge in [-0.1, -0.05) is 6.92 Å². The van der Waals surface area contributed by atoms with Crippen LogP contribution in [0.2, 0.25) is 0 Å². The minimum Gasteiger partial charge on any atom is -0.345 e. The summed E-state index contributed by atoms with van der Waals surface area (Å²) in [7, 11) is 0. The van der Waals surface area contributed by atoms with Crippen molar-refractivity contribution in [2.45, 2.75) is 26.7 Å². The van der Waals surface area contributed by atoms with Crippen LogP contribution < -0.4 is 4.90 Å². The fourth-order valence-corrected chi connectivity index (χ4v) is 4.30. The van der Waals surface area contributed by atoms with E-state index in [0.717, 1.165) is 43.4 Å². The highest BCUT2D eigenvalue weighted by Crippen LogP contribution is 2.22. The van der Waals surface area contributed by atoms with Gasteiger partial charge in [0.05, 0.1) is 9.75 Å². The van der Waals surface area contributed by atoms with Gasteiger partial charge in [-0.15, -0.1) is 11.3 Å². The number of aryl methyl sites for hydroxylation is 1. The molecule has 2 aromatic rings. The van der Waals surface area contributed by atoms with Crippen LogP contribution in [0.3, 0.4) is 0 Å². The van der Waals surface area contributed by atoms with E-state index in [1.165, 1.54) is 29.8 Å². The van der Waals surface area contributed by atoms with Gasteiger partial charge in [-0.05, 0) is 25.5 Å². The van der Waals surface area contributed by atoms with Crippen LogP contribution in [-0.2, 0) is 6.42 Å². The van der Waals surface area contributed by atoms with Crippen LogP contribution in [0, 0.1) is 0 Å². The number of rotatable bonds is 4. The fourth-order valence-electron chi connectivity index (χ4n) is 2.63. The molecule has 2 aromatic heterocycles. The molecule has 0 aromatic carbocycles. The maximum atomic E-state index is 12.7. The van der Waals surface area contributed by atoms with Gasteiger partial charge in [0.25, 0.3) is 5.91 Å². The Morgan fingerprint density at radius 3 is 2.62 bits per heavy atom. The van der Waals surface area contributed by atoms with E-state index >= 15 is 0 Å². The van der Waals surface area contributed by atoms with Crippen molar-refractivity contribution in [1.82, 2.24) is 14.3 Å². The van der Waals surface area contributed by atoms with Crippen molar-refractivity contribution in [2.75, 3.05) is 31.1 Å². The molecule has 1 aliphatic rings. The van der Waals surface area contributed by atoms with E-state index < -0.39 is 0 Å². The number of carbonyl (C=O) groups is 2. The predicted octanol–water partition coefficient (Wildman–Crippen LogP) is 2.72. The lowest BCUT2D eigenvalue weighted by atomic mass is 10.3. The summed E-state index contributed by atoms with van der Waals surface area (Å²) in [6, 6.07) is 3.49. The average Bonchev–Trinajstić information content (AvgIpc) is 3.19. The third kappa shape index (κ3) is 3.64. The molecule has 0 radical (unpaired) electrons. The molecule has 6 nitrogen and oxygen atoms in total. The van der Waals surface area contributed by atoms with Crippen LogP contribution in [0.25, 0.3) is 0 Å². The van der Waals surface area contributed by atoms with Crippen LogP contribution >= 0.6 is 22.9 Å². The van der Waals surface area contributed by atoms with E-state index in [9.17, 15) is 9.59 Å². The highest BCUT2D eigenvalue weighted by molar-refractivity contribution is 7.16. The number of Topliss-reactive ketones (excluding diaryl/α,β-unsaturated/α-hetero) is 1. The van der Waals surface area contributed by atoms with Crippen molar-refractivity contribution in [3.8, 4) is 0 Å². The lowest BCUT2D eigenvalue weighted by Crippen LogP contribution is -2.34. The van der Waals surface area contributed by atoms with Crippen molar-refractivity contribution in [3.05, 3.63) is 27.7 Å². The molecule has 1 fully saturated rings. The monoisotopic (exact) mass is 364 g/mol. The first kappa shape index (κ1) is 17.0. The normalized spacial score (nSPS) is 15.4. The van der Waals surface area contributed by atoms with Gasteiger partial charge < -0.3 is 9.80 Å². The first-order chi connectivity index (χ1) is 11.6. The highest BCUT2D eigenvalue weighted by atomic mass is 32.1. The van der Waals surface area contributed by atoms with Gasteiger partial charge in [0.1, 0.15) is 5.82 Å². The first-order valence-corrected chi connectivity index (χ1v) is 9.65. The molecule has 1 saturated heterocycles. The molecular weight excluding hydrogens is 344 g/mol.